The average molecular weight is 393 g/mol. The molecule has 1 fully saturated rings. The van der Waals surface area contributed by atoms with Crippen LogP contribution in [0.15, 0.2) is 23.1 Å². The summed E-state index contributed by atoms with van der Waals surface area (Å²) < 4.78 is 37.5. The number of phenols is 1. The molecule has 0 radical (unpaired) electrons. The van der Waals surface area contributed by atoms with Crippen molar-refractivity contribution in [3.8, 4) is 5.75 Å². The van der Waals surface area contributed by atoms with Gasteiger partial charge < -0.3 is 10.4 Å². The predicted molar refractivity (Wildman–Crippen MR) is 92.0 cm³/mol. The molecule has 0 spiro atoms. The van der Waals surface area contributed by atoms with Crippen LogP contribution in [0.1, 0.15) is 24.9 Å². The molecule has 0 amide bonds. The van der Waals surface area contributed by atoms with E-state index in [0.717, 1.165) is 32.6 Å². The highest BCUT2D eigenvalue weighted by Gasteiger charge is 2.30. The van der Waals surface area contributed by atoms with Crippen LogP contribution in [0.2, 0.25) is 0 Å². The summed E-state index contributed by atoms with van der Waals surface area (Å²) in [7, 11) is 0. The number of phenolic OH excluding ortho intramolecular Hbond substituents is 1. The molecule has 3 nitrogen and oxygen atoms in total. The van der Waals surface area contributed by atoms with Crippen LogP contribution in [0, 0.1) is 0 Å². The lowest BCUT2D eigenvalue weighted by atomic mass is 10.0. The van der Waals surface area contributed by atoms with Crippen molar-refractivity contribution in [2.75, 3.05) is 26.2 Å². The van der Waals surface area contributed by atoms with Crippen molar-refractivity contribution >= 4 is 36.6 Å². The van der Waals surface area contributed by atoms with E-state index in [1.165, 1.54) is 18.2 Å². The molecule has 23 heavy (non-hydrogen) atoms. The number of piperazine rings is 1. The first-order chi connectivity index (χ1) is 9.90. The molecular weight excluding hydrogens is 372 g/mol. The smallest absolute Gasteiger partial charge is 0.446 e. The largest absolute Gasteiger partial charge is 0.508 e. The SMILES string of the molecule is CC[C@@H](c1cc(SC(F)(F)F)ccc1O)N1CCNCC1.Cl.Cl. The maximum Gasteiger partial charge on any atom is 0.446 e. The van der Waals surface area contributed by atoms with Crippen molar-refractivity contribution in [3.63, 3.8) is 0 Å². The number of hydrogen-bond donors (Lipinski definition) is 2. The molecule has 2 N–H and O–H groups in total. The van der Waals surface area contributed by atoms with Gasteiger partial charge in [-0.15, -0.1) is 24.8 Å². The normalized spacial score (nSPS) is 17.0. The number of nitrogens with one attached hydrogen (secondary N) is 1. The Morgan fingerprint density at radius 1 is 1.26 bits per heavy atom. The van der Waals surface area contributed by atoms with Crippen LogP contribution in [0.3, 0.4) is 0 Å². The lowest BCUT2D eigenvalue weighted by molar-refractivity contribution is -0.0328. The molecule has 0 unspecified atom stereocenters. The standard InChI is InChI=1S/C14H19F3N2OS.2ClH/c1-2-12(19-7-5-18-6-8-19)11-9-10(3-4-13(11)20)21-14(15,16)17;;/h3-4,9,12,18,20H,2,5-8H2,1H3;2*1H/t12-;;/m0../s1. The van der Waals surface area contributed by atoms with Crippen LogP contribution in [-0.4, -0.2) is 41.7 Å². The number of halogens is 5. The molecule has 1 aliphatic heterocycles. The number of thioether (sulfide) groups is 1. The first kappa shape index (κ1) is 22.7. The molecule has 1 atom stereocenters. The Bertz CT molecular complexity index is 486. The Hall–Kier alpha value is -0.340. The monoisotopic (exact) mass is 392 g/mol. The van der Waals surface area contributed by atoms with Crippen molar-refractivity contribution in [1.29, 1.82) is 0 Å². The highest BCUT2D eigenvalue weighted by atomic mass is 35.5. The maximum atomic E-state index is 12.5. The van der Waals surface area contributed by atoms with Crippen molar-refractivity contribution in [1.82, 2.24) is 10.2 Å². The molecule has 0 aromatic heterocycles. The van der Waals surface area contributed by atoms with Crippen molar-refractivity contribution in [2.24, 2.45) is 0 Å². The van der Waals surface area contributed by atoms with E-state index in [-0.39, 0.29) is 53.3 Å². The van der Waals surface area contributed by atoms with Gasteiger partial charge in [-0.3, -0.25) is 4.90 Å². The molecule has 1 saturated heterocycles. The van der Waals surface area contributed by atoms with E-state index in [0.29, 0.717) is 5.56 Å². The fraction of sp³-hybridized carbons (Fsp3) is 0.571. The van der Waals surface area contributed by atoms with Gasteiger partial charge in [0.15, 0.2) is 0 Å². The molecule has 1 aliphatic rings. The zero-order chi connectivity index (χ0) is 15.5. The van der Waals surface area contributed by atoms with E-state index in [1.54, 1.807) is 0 Å². The molecule has 0 bridgehead atoms. The van der Waals surface area contributed by atoms with E-state index >= 15 is 0 Å². The molecule has 2 rings (SSSR count). The van der Waals surface area contributed by atoms with Crippen LogP contribution in [0.25, 0.3) is 0 Å². The molecule has 0 aliphatic carbocycles. The minimum absolute atomic E-state index is 0. The third-order valence-electron chi connectivity index (χ3n) is 3.57. The summed E-state index contributed by atoms with van der Waals surface area (Å²) in [6, 6.07) is 4.07. The van der Waals surface area contributed by atoms with E-state index in [4.69, 9.17) is 0 Å². The maximum absolute atomic E-state index is 12.5. The topological polar surface area (TPSA) is 35.5 Å². The first-order valence-electron chi connectivity index (χ1n) is 6.94. The van der Waals surface area contributed by atoms with Crippen molar-refractivity contribution < 1.29 is 18.3 Å². The van der Waals surface area contributed by atoms with Gasteiger partial charge in [0.05, 0.1) is 0 Å². The number of hydrogen-bond acceptors (Lipinski definition) is 4. The average Bonchev–Trinajstić information content (AvgIpc) is 2.43. The quantitative estimate of drug-likeness (QED) is 0.752. The lowest BCUT2D eigenvalue weighted by Crippen LogP contribution is -2.45. The van der Waals surface area contributed by atoms with Gasteiger partial charge in [-0.1, -0.05) is 6.92 Å². The number of rotatable bonds is 4. The number of benzene rings is 1. The number of alkyl halides is 3. The van der Waals surface area contributed by atoms with Gasteiger partial charge >= 0.3 is 5.51 Å². The first-order valence-corrected chi connectivity index (χ1v) is 7.76. The van der Waals surface area contributed by atoms with E-state index in [9.17, 15) is 18.3 Å². The summed E-state index contributed by atoms with van der Waals surface area (Å²) >= 11 is -0.144. The van der Waals surface area contributed by atoms with Gasteiger partial charge in [-0.25, -0.2) is 0 Å². The van der Waals surface area contributed by atoms with Crippen molar-refractivity contribution in [3.05, 3.63) is 23.8 Å². The van der Waals surface area contributed by atoms with Gasteiger partial charge in [-0.2, -0.15) is 13.2 Å². The summed E-state index contributed by atoms with van der Waals surface area (Å²) in [5, 5.41) is 13.3. The summed E-state index contributed by atoms with van der Waals surface area (Å²) in [5.74, 6) is 0.0620. The zero-order valence-corrected chi connectivity index (χ0v) is 15.0. The van der Waals surface area contributed by atoms with Gasteiger partial charge in [0.1, 0.15) is 5.75 Å². The van der Waals surface area contributed by atoms with Gasteiger partial charge in [0, 0.05) is 42.7 Å². The minimum atomic E-state index is -4.31. The minimum Gasteiger partial charge on any atom is -0.508 e. The molecular formula is C14H21Cl2F3N2OS. The second kappa shape index (κ2) is 9.84. The van der Waals surface area contributed by atoms with Crippen LogP contribution in [0.4, 0.5) is 13.2 Å². The number of aromatic hydroxyl groups is 1. The summed E-state index contributed by atoms with van der Waals surface area (Å²) in [5.41, 5.74) is -3.74. The highest BCUT2D eigenvalue weighted by molar-refractivity contribution is 8.00. The summed E-state index contributed by atoms with van der Waals surface area (Å²) in [6.45, 7) is 5.35. The molecule has 9 heteroatoms. The fourth-order valence-electron chi connectivity index (χ4n) is 2.67. The second-order valence-electron chi connectivity index (χ2n) is 4.98. The zero-order valence-electron chi connectivity index (χ0n) is 12.6. The number of nitrogens with zero attached hydrogens (tertiary/aromatic N) is 1. The molecule has 1 aromatic rings. The van der Waals surface area contributed by atoms with Crippen LogP contribution < -0.4 is 5.32 Å². The Morgan fingerprint density at radius 2 is 1.87 bits per heavy atom. The Morgan fingerprint density at radius 3 is 2.39 bits per heavy atom. The van der Waals surface area contributed by atoms with Gasteiger partial charge in [0.25, 0.3) is 0 Å². The Labute approximate surface area is 150 Å². The fourth-order valence-corrected chi connectivity index (χ4v) is 3.25. The molecule has 1 heterocycles. The lowest BCUT2D eigenvalue weighted by Gasteiger charge is -2.35. The van der Waals surface area contributed by atoms with Crippen LogP contribution >= 0.6 is 36.6 Å². The Balaban J connectivity index is 0.00000242. The van der Waals surface area contributed by atoms with E-state index < -0.39 is 5.51 Å². The second-order valence-corrected chi connectivity index (χ2v) is 6.12. The predicted octanol–water partition coefficient (Wildman–Crippen LogP) is 4.20. The van der Waals surface area contributed by atoms with Gasteiger partial charge in [0.2, 0.25) is 0 Å². The van der Waals surface area contributed by atoms with E-state index in [1.807, 2.05) is 6.92 Å². The third kappa shape index (κ3) is 6.58. The van der Waals surface area contributed by atoms with E-state index in [2.05, 4.69) is 10.2 Å². The summed E-state index contributed by atoms with van der Waals surface area (Å²) in [6.07, 6.45) is 0.744. The summed E-state index contributed by atoms with van der Waals surface area (Å²) in [4.78, 5) is 2.32. The van der Waals surface area contributed by atoms with Crippen LogP contribution in [0.5, 0.6) is 5.75 Å². The molecule has 1 aromatic carbocycles. The van der Waals surface area contributed by atoms with Crippen molar-refractivity contribution in [2.45, 2.75) is 29.8 Å². The molecule has 0 saturated carbocycles. The Kier molecular flexibility index (Phi) is 9.69. The molecule has 134 valence electrons. The van der Waals surface area contributed by atoms with Crippen LogP contribution in [-0.2, 0) is 0 Å². The van der Waals surface area contributed by atoms with Gasteiger partial charge in [-0.05, 0) is 36.4 Å². The highest BCUT2D eigenvalue weighted by Crippen LogP contribution is 2.40. The third-order valence-corrected chi connectivity index (χ3v) is 4.29.